The monoisotopic (exact) mass is 419 g/mol. The molecule has 2 saturated heterocycles. The summed E-state index contributed by atoms with van der Waals surface area (Å²) >= 11 is 0. The van der Waals surface area contributed by atoms with E-state index in [9.17, 15) is 22.8 Å². The number of hydrogen-bond donors (Lipinski definition) is 1. The van der Waals surface area contributed by atoms with E-state index in [1.54, 1.807) is 0 Å². The quantitative estimate of drug-likeness (QED) is 0.579. The van der Waals surface area contributed by atoms with Crippen LogP contribution in [0.1, 0.15) is 12.8 Å². The zero-order valence-electron chi connectivity index (χ0n) is 15.8. The molecule has 2 heterocycles. The fourth-order valence-corrected chi connectivity index (χ4v) is 5.51. The molecule has 2 fully saturated rings. The van der Waals surface area contributed by atoms with Crippen molar-refractivity contribution in [3.8, 4) is 0 Å². The topological polar surface area (TPSA) is 113 Å². The number of ether oxygens (including phenoxy) is 1. The molecule has 9 nitrogen and oxygen atoms in total. The first-order chi connectivity index (χ1) is 13.8. The van der Waals surface area contributed by atoms with Gasteiger partial charge >= 0.3 is 6.09 Å². The third-order valence-electron chi connectivity index (χ3n) is 5.66. The second-order valence-corrected chi connectivity index (χ2v) is 9.26. The molecule has 0 spiro atoms. The van der Waals surface area contributed by atoms with Gasteiger partial charge < -0.3 is 4.74 Å². The van der Waals surface area contributed by atoms with Crippen LogP contribution in [0.5, 0.6) is 0 Å². The molecule has 1 aromatic carbocycles. The first-order valence-electron chi connectivity index (χ1n) is 9.30. The molecule has 29 heavy (non-hydrogen) atoms. The zero-order valence-corrected chi connectivity index (χ0v) is 16.6. The van der Waals surface area contributed by atoms with E-state index in [1.807, 2.05) is 12.2 Å². The highest BCUT2D eigenvalue weighted by atomic mass is 32.2. The number of likely N-dealkylation sites (tertiary alicyclic amines) is 1. The van der Waals surface area contributed by atoms with Crippen molar-refractivity contribution in [1.82, 2.24) is 9.21 Å². The molecular weight excluding hydrogens is 398 g/mol. The average Bonchev–Trinajstić information content (AvgIpc) is 2.92. The van der Waals surface area contributed by atoms with E-state index < -0.39 is 22.2 Å². The van der Waals surface area contributed by atoms with E-state index in [2.05, 4.69) is 10.1 Å². The summed E-state index contributed by atoms with van der Waals surface area (Å²) in [4.78, 5) is 37.8. The van der Waals surface area contributed by atoms with Gasteiger partial charge in [0.25, 0.3) is 0 Å². The number of nitrogens with one attached hydrogen (secondary N) is 1. The van der Waals surface area contributed by atoms with Crippen molar-refractivity contribution in [2.24, 2.45) is 11.8 Å². The Morgan fingerprint density at radius 2 is 1.59 bits per heavy atom. The maximum Gasteiger partial charge on any atom is 0.411 e. The molecule has 0 aromatic heterocycles. The minimum atomic E-state index is -3.75. The van der Waals surface area contributed by atoms with Crippen LogP contribution in [0, 0.1) is 11.8 Å². The van der Waals surface area contributed by atoms with Crippen LogP contribution in [-0.2, 0) is 24.3 Å². The van der Waals surface area contributed by atoms with Crippen molar-refractivity contribution in [1.29, 1.82) is 0 Å². The number of methoxy groups -OCH3 is 1. The van der Waals surface area contributed by atoms with E-state index in [-0.39, 0.29) is 41.6 Å². The maximum absolute atomic E-state index is 12.8. The summed E-state index contributed by atoms with van der Waals surface area (Å²) < 4.78 is 31.3. The van der Waals surface area contributed by atoms with Crippen molar-refractivity contribution in [3.63, 3.8) is 0 Å². The molecule has 10 heteroatoms. The Bertz CT molecular complexity index is 956. The van der Waals surface area contributed by atoms with Gasteiger partial charge in [0.05, 0.1) is 29.9 Å². The molecule has 2 atom stereocenters. The molecule has 3 aliphatic rings. The molecule has 154 valence electrons. The third-order valence-corrected chi connectivity index (χ3v) is 7.51. The summed E-state index contributed by atoms with van der Waals surface area (Å²) in [7, 11) is -2.52. The molecule has 0 unspecified atom stereocenters. The van der Waals surface area contributed by atoms with Crippen molar-refractivity contribution in [2.45, 2.75) is 23.8 Å². The van der Waals surface area contributed by atoms with Gasteiger partial charge in [0.1, 0.15) is 0 Å². The largest absolute Gasteiger partial charge is 0.453 e. The number of hydrogen-bond acceptors (Lipinski definition) is 6. The minimum absolute atomic E-state index is 0.0725. The van der Waals surface area contributed by atoms with Gasteiger partial charge in [-0.1, -0.05) is 12.2 Å². The number of carbonyl (C=O) groups is 3. The molecule has 1 aliphatic carbocycles. The number of carbonyl (C=O) groups excluding carboxylic acids is 3. The summed E-state index contributed by atoms with van der Waals surface area (Å²) in [6.07, 6.45) is 4.32. The Kier molecular flexibility index (Phi) is 4.91. The highest BCUT2D eigenvalue weighted by molar-refractivity contribution is 7.89. The van der Waals surface area contributed by atoms with E-state index in [0.29, 0.717) is 18.5 Å². The Hall–Kier alpha value is -2.72. The Morgan fingerprint density at radius 1 is 1.03 bits per heavy atom. The van der Waals surface area contributed by atoms with Crippen LogP contribution in [0.2, 0.25) is 0 Å². The predicted molar refractivity (Wildman–Crippen MR) is 102 cm³/mol. The van der Waals surface area contributed by atoms with Gasteiger partial charge in [0.15, 0.2) is 0 Å². The second kappa shape index (κ2) is 7.27. The van der Waals surface area contributed by atoms with Crippen molar-refractivity contribution >= 4 is 33.6 Å². The molecule has 1 aromatic rings. The number of nitrogens with zero attached hydrogens (tertiary/aromatic N) is 2. The molecule has 4 rings (SSSR count). The average molecular weight is 419 g/mol. The first kappa shape index (κ1) is 19.6. The SMILES string of the molecule is COC(=O)Nc1ccc(S(=O)(=O)N2CC(N3C(=O)[C@@H]4CC=CC[C@H]4C3=O)C2)cc1. The highest BCUT2D eigenvalue weighted by Crippen LogP contribution is 2.38. The summed E-state index contributed by atoms with van der Waals surface area (Å²) in [6.45, 7) is 0.184. The minimum Gasteiger partial charge on any atom is -0.453 e. The molecule has 2 aliphatic heterocycles. The van der Waals surface area contributed by atoms with Gasteiger partial charge in [0, 0.05) is 18.8 Å². The second-order valence-electron chi connectivity index (χ2n) is 7.32. The van der Waals surface area contributed by atoms with Gasteiger partial charge in [0.2, 0.25) is 21.8 Å². The van der Waals surface area contributed by atoms with Crippen LogP contribution >= 0.6 is 0 Å². The van der Waals surface area contributed by atoms with Gasteiger partial charge in [-0.2, -0.15) is 4.31 Å². The van der Waals surface area contributed by atoms with Crippen LogP contribution in [0.4, 0.5) is 10.5 Å². The van der Waals surface area contributed by atoms with Crippen LogP contribution in [0.3, 0.4) is 0 Å². The van der Waals surface area contributed by atoms with E-state index in [4.69, 9.17) is 0 Å². The number of rotatable bonds is 4. The number of amides is 3. The van der Waals surface area contributed by atoms with Gasteiger partial charge in [-0.3, -0.25) is 19.8 Å². The Morgan fingerprint density at radius 3 is 2.10 bits per heavy atom. The van der Waals surface area contributed by atoms with E-state index in [0.717, 1.165) is 0 Å². The van der Waals surface area contributed by atoms with Gasteiger partial charge in [-0.25, -0.2) is 13.2 Å². The Labute approximate surface area is 168 Å². The summed E-state index contributed by atoms with van der Waals surface area (Å²) in [6, 6.07) is 5.29. The zero-order chi connectivity index (χ0) is 20.8. The van der Waals surface area contributed by atoms with Crippen LogP contribution in [0.15, 0.2) is 41.3 Å². The molecule has 3 amide bonds. The number of fused-ring (bicyclic) bond motifs is 1. The van der Waals surface area contributed by atoms with E-state index in [1.165, 1.54) is 40.6 Å². The smallest absolute Gasteiger partial charge is 0.411 e. The maximum atomic E-state index is 12.8. The normalized spacial score (nSPS) is 24.9. The molecule has 0 radical (unpaired) electrons. The van der Waals surface area contributed by atoms with Crippen LogP contribution in [0.25, 0.3) is 0 Å². The fourth-order valence-electron chi connectivity index (χ4n) is 3.99. The Balaban J connectivity index is 1.42. The number of allylic oxidation sites excluding steroid dienone is 2. The highest BCUT2D eigenvalue weighted by Gasteiger charge is 2.53. The number of benzene rings is 1. The predicted octanol–water partition coefficient (Wildman–Crippen LogP) is 1.19. The van der Waals surface area contributed by atoms with Crippen molar-refractivity contribution < 1.29 is 27.5 Å². The summed E-state index contributed by atoms with van der Waals surface area (Å²) in [5, 5.41) is 2.45. The third kappa shape index (κ3) is 3.32. The summed E-state index contributed by atoms with van der Waals surface area (Å²) in [5.41, 5.74) is 0.404. The fraction of sp³-hybridized carbons (Fsp3) is 0.421. The lowest BCUT2D eigenvalue weighted by molar-refractivity contribution is -0.145. The standard InChI is InChI=1S/C19H21N3O6S/c1-28-19(25)20-12-6-8-14(9-7-12)29(26,27)21-10-13(11-21)22-17(23)15-4-2-3-5-16(15)18(22)24/h2-3,6-9,13,15-16H,4-5,10-11H2,1H3,(H,20,25)/t15-,16-/m1/s1. The molecular formula is C19H21N3O6S. The summed E-state index contributed by atoms with van der Waals surface area (Å²) in [5.74, 6) is -1.00. The van der Waals surface area contributed by atoms with Gasteiger partial charge in [-0.15, -0.1) is 0 Å². The number of sulfonamides is 1. The lowest BCUT2D eigenvalue weighted by Crippen LogP contribution is -2.62. The van der Waals surface area contributed by atoms with Crippen LogP contribution < -0.4 is 5.32 Å². The lowest BCUT2D eigenvalue weighted by atomic mass is 9.85. The number of anilines is 1. The lowest BCUT2D eigenvalue weighted by Gasteiger charge is -2.42. The van der Waals surface area contributed by atoms with Gasteiger partial charge in [-0.05, 0) is 37.1 Å². The van der Waals surface area contributed by atoms with Crippen molar-refractivity contribution in [2.75, 3.05) is 25.5 Å². The van der Waals surface area contributed by atoms with Crippen molar-refractivity contribution in [3.05, 3.63) is 36.4 Å². The molecule has 0 bridgehead atoms. The first-order valence-corrected chi connectivity index (χ1v) is 10.7. The molecule has 0 saturated carbocycles. The van der Waals surface area contributed by atoms with E-state index >= 15 is 0 Å². The molecule has 1 N–H and O–H groups in total. The van der Waals surface area contributed by atoms with Crippen LogP contribution in [-0.4, -0.2) is 61.8 Å². The number of imide groups is 1.